The topological polar surface area (TPSA) is 43.8 Å². The Morgan fingerprint density at radius 1 is 1.40 bits per heavy atom. The standard InChI is InChI=1S/C12H17N3/c1-3-12-14-10-8-9(2)4-5-11(10)15(12)7-6-13/h4-5,8H,3,6-7,13H2,1-2H3. The van der Waals surface area contributed by atoms with Gasteiger partial charge in [0, 0.05) is 19.5 Å². The number of nitrogens with zero attached hydrogens (tertiary/aromatic N) is 2. The molecular formula is C12H17N3. The molecule has 3 heteroatoms. The number of hydrogen-bond acceptors (Lipinski definition) is 2. The number of hydrogen-bond donors (Lipinski definition) is 1. The number of benzene rings is 1. The van der Waals surface area contributed by atoms with E-state index in [4.69, 9.17) is 5.73 Å². The zero-order chi connectivity index (χ0) is 10.8. The number of aromatic nitrogens is 2. The van der Waals surface area contributed by atoms with Crippen LogP contribution in [0.5, 0.6) is 0 Å². The molecule has 0 spiro atoms. The lowest BCUT2D eigenvalue weighted by atomic mass is 10.2. The predicted molar refractivity (Wildman–Crippen MR) is 62.9 cm³/mol. The van der Waals surface area contributed by atoms with Gasteiger partial charge in [0.05, 0.1) is 11.0 Å². The first kappa shape index (κ1) is 10.2. The Morgan fingerprint density at radius 2 is 2.20 bits per heavy atom. The van der Waals surface area contributed by atoms with Crippen LogP contribution < -0.4 is 5.73 Å². The number of rotatable bonds is 3. The third-order valence-electron chi connectivity index (χ3n) is 2.65. The zero-order valence-corrected chi connectivity index (χ0v) is 9.33. The monoisotopic (exact) mass is 203 g/mol. The Bertz CT molecular complexity index is 471. The maximum Gasteiger partial charge on any atom is 0.109 e. The van der Waals surface area contributed by atoms with E-state index in [-0.39, 0.29) is 0 Å². The molecule has 1 aromatic heterocycles. The zero-order valence-electron chi connectivity index (χ0n) is 9.33. The third-order valence-corrected chi connectivity index (χ3v) is 2.65. The highest BCUT2D eigenvalue weighted by Gasteiger charge is 2.07. The molecule has 0 fully saturated rings. The normalized spacial score (nSPS) is 11.1. The summed E-state index contributed by atoms with van der Waals surface area (Å²) in [4.78, 5) is 4.62. The summed E-state index contributed by atoms with van der Waals surface area (Å²) >= 11 is 0. The van der Waals surface area contributed by atoms with Crippen LogP contribution in [0.25, 0.3) is 11.0 Å². The summed E-state index contributed by atoms with van der Waals surface area (Å²) in [5.41, 5.74) is 9.15. The van der Waals surface area contributed by atoms with Gasteiger partial charge in [-0.3, -0.25) is 0 Å². The molecule has 0 atom stereocenters. The van der Waals surface area contributed by atoms with Gasteiger partial charge >= 0.3 is 0 Å². The third kappa shape index (κ3) is 1.75. The average molecular weight is 203 g/mol. The minimum atomic E-state index is 0.659. The smallest absolute Gasteiger partial charge is 0.109 e. The van der Waals surface area contributed by atoms with Crippen molar-refractivity contribution in [1.82, 2.24) is 9.55 Å². The van der Waals surface area contributed by atoms with Crippen LogP contribution in [0, 0.1) is 6.92 Å². The SMILES string of the molecule is CCc1nc2cc(C)ccc2n1CCN. The van der Waals surface area contributed by atoms with Crippen molar-refractivity contribution in [2.75, 3.05) is 6.54 Å². The molecule has 1 aromatic carbocycles. The summed E-state index contributed by atoms with van der Waals surface area (Å²) in [6.07, 6.45) is 0.952. The number of fused-ring (bicyclic) bond motifs is 1. The van der Waals surface area contributed by atoms with Crippen LogP contribution in [0.3, 0.4) is 0 Å². The predicted octanol–water partition coefficient (Wildman–Crippen LogP) is 1.87. The van der Waals surface area contributed by atoms with Crippen molar-refractivity contribution in [3.05, 3.63) is 29.6 Å². The van der Waals surface area contributed by atoms with Gasteiger partial charge in [0.2, 0.25) is 0 Å². The van der Waals surface area contributed by atoms with Crippen molar-refractivity contribution < 1.29 is 0 Å². The second kappa shape index (κ2) is 4.03. The molecule has 0 bridgehead atoms. The quantitative estimate of drug-likeness (QED) is 0.827. The highest BCUT2D eigenvalue weighted by Crippen LogP contribution is 2.17. The summed E-state index contributed by atoms with van der Waals surface area (Å²) in [6.45, 7) is 5.73. The molecular weight excluding hydrogens is 186 g/mol. The molecule has 2 rings (SSSR count). The van der Waals surface area contributed by atoms with Crippen molar-refractivity contribution in [3.8, 4) is 0 Å². The van der Waals surface area contributed by atoms with E-state index in [9.17, 15) is 0 Å². The minimum absolute atomic E-state index is 0.659. The fraction of sp³-hybridized carbons (Fsp3) is 0.417. The Balaban J connectivity index is 2.63. The fourth-order valence-electron chi connectivity index (χ4n) is 1.94. The van der Waals surface area contributed by atoms with Crippen LogP contribution >= 0.6 is 0 Å². The van der Waals surface area contributed by atoms with E-state index in [0.29, 0.717) is 6.54 Å². The van der Waals surface area contributed by atoms with Crippen LogP contribution in [0.4, 0.5) is 0 Å². The number of aryl methyl sites for hydroxylation is 2. The second-order valence-corrected chi connectivity index (χ2v) is 3.81. The first-order valence-corrected chi connectivity index (χ1v) is 5.42. The Hall–Kier alpha value is -1.35. The lowest BCUT2D eigenvalue weighted by Crippen LogP contribution is -2.12. The van der Waals surface area contributed by atoms with E-state index in [2.05, 4.69) is 41.6 Å². The van der Waals surface area contributed by atoms with Crippen LogP contribution in [0.2, 0.25) is 0 Å². The van der Waals surface area contributed by atoms with E-state index in [1.54, 1.807) is 0 Å². The van der Waals surface area contributed by atoms with Gasteiger partial charge in [-0.1, -0.05) is 13.0 Å². The highest BCUT2D eigenvalue weighted by molar-refractivity contribution is 5.76. The summed E-state index contributed by atoms with van der Waals surface area (Å²) in [7, 11) is 0. The van der Waals surface area contributed by atoms with Gasteiger partial charge in [0.15, 0.2) is 0 Å². The lowest BCUT2D eigenvalue weighted by Gasteiger charge is -2.05. The molecule has 0 aliphatic rings. The van der Waals surface area contributed by atoms with Gasteiger partial charge in [-0.15, -0.1) is 0 Å². The molecule has 0 saturated heterocycles. The molecule has 2 N–H and O–H groups in total. The molecule has 0 amide bonds. The van der Waals surface area contributed by atoms with Crippen molar-refractivity contribution in [2.45, 2.75) is 26.8 Å². The van der Waals surface area contributed by atoms with Gasteiger partial charge in [0.1, 0.15) is 5.82 Å². The molecule has 0 radical (unpaired) electrons. The molecule has 15 heavy (non-hydrogen) atoms. The van der Waals surface area contributed by atoms with Crippen LogP contribution in [-0.2, 0) is 13.0 Å². The summed E-state index contributed by atoms with van der Waals surface area (Å²) in [6, 6.07) is 6.38. The Labute approximate surface area is 89.9 Å². The lowest BCUT2D eigenvalue weighted by molar-refractivity contribution is 0.684. The van der Waals surface area contributed by atoms with E-state index in [1.165, 1.54) is 11.1 Å². The van der Waals surface area contributed by atoms with E-state index < -0.39 is 0 Å². The minimum Gasteiger partial charge on any atom is -0.329 e. The average Bonchev–Trinajstić information content (AvgIpc) is 2.56. The summed E-state index contributed by atoms with van der Waals surface area (Å²) in [5, 5.41) is 0. The second-order valence-electron chi connectivity index (χ2n) is 3.81. The maximum atomic E-state index is 5.62. The number of nitrogens with two attached hydrogens (primary N) is 1. The van der Waals surface area contributed by atoms with Crippen LogP contribution in [-0.4, -0.2) is 16.1 Å². The van der Waals surface area contributed by atoms with Gasteiger partial charge in [-0.05, 0) is 24.6 Å². The van der Waals surface area contributed by atoms with E-state index in [0.717, 1.165) is 24.3 Å². The molecule has 1 heterocycles. The molecule has 3 nitrogen and oxygen atoms in total. The van der Waals surface area contributed by atoms with Gasteiger partial charge in [-0.2, -0.15) is 0 Å². The summed E-state index contributed by atoms with van der Waals surface area (Å²) < 4.78 is 2.22. The van der Waals surface area contributed by atoms with Gasteiger partial charge in [-0.25, -0.2) is 4.98 Å². The molecule has 0 aliphatic heterocycles. The maximum absolute atomic E-state index is 5.62. The Morgan fingerprint density at radius 3 is 2.87 bits per heavy atom. The first-order chi connectivity index (χ1) is 7.26. The van der Waals surface area contributed by atoms with Crippen LogP contribution in [0.15, 0.2) is 18.2 Å². The molecule has 80 valence electrons. The van der Waals surface area contributed by atoms with Crippen LogP contribution in [0.1, 0.15) is 18.3 Å². The fourth-order valence-corrected chi connectivity index (χ4v) is 1.94. The molecule has 0 unspecified atom stereocenters. The van der Waals surface area contributed by atoms with Crippen molar-refractivity contribution in [2.24, 2.45) is 5.73 Å². The Kier molecular flexibility index (Phi) is 2.73. The highest BCUT2D eigenvalue weighted by atomic mass is 15.1. The van der Waals surface area contributed by atoms with E-state index >= 15 is 0 Å². The van der Waals surface area contributed by atoms with Crippen molar-refractivity contribution in [1.29, 1.82) is 0 Å². The molecule has 2 aromatic rings. The largest absolute Gasteiger partial charge is 0.329 e. The first-order valence-electron chi connectivity index (χ1n) is 5.42. The van der Waals surface area contributed by atoms with Crippen molar-refractivity contribution in [3.63, 3.8) is 0 Å². The van der Waals surface area contributed by atoms with Crippen molar-refractivity contribution >= 4 is 11.0 Å². The number of imidazole rings is 1. The molecule has 0 saturated carbocycles. The molecule has 0 aliphatic carbocycles. The van der Waals surface area contributed by atoms with E-state index in [1.807, 2.05) is 0 Å². The van der Waals surface area contributed by atoms with Gasteiger partial charge in [0.25, 0.3) is 0 Å². The van der Waals surface area contributed by atoms with Gasteiger partial charge < -0.3 is 10.3 Å². The summed E-state index contributed by atoms with van der Waals surface area (Å²) in [5.74, 6) is 1.13.